The number of benzene rings is 1. The van der Waals surface area contributed by atoms with Gasteiger partial charge in [-0.05, 0) is 23.8 Å². The number of aromatic nitrogens is 1. The van der Waals surface area contributed by atoms with Crippen molar-refractivity contribution in [3.63, 3.8) is 0 Å². The molecule has 2 rings (SSSR count). The summed E-state index contributed by atoms with van der Waals surface area (Å²) in [5, 5.41) is 1.15. The molecule has 0 aliphatic rings. The van der Waals surface area contributed by atoms with Gasteiger partial charge in [-0.2, -0.15) is 0 Å². The van der Waals surface area contributed by atoms with Gasteiger partial charge in [0, 0.05) is 27.6 Å². The molecule has 0 bridgehead atoms. The van der Waals surface area contributed by atoms with Crippen molar-refractivity contribution in [3.05, 3.63) is 47.1 Å². The van der Waals surface area contributed by atoms with Crippen molar-refractivity contribution in [2.75, 3.05) is 0 Å². The molecule has 0 fully saturated rings. The van der Waals surface area contributed by atoms with E-state index in [1.807, 2.05) is 18.3 Å². The molecule has 0 saturated carbocycles. The first-order valence-corrected chi connectivity index (χ1v) is 5.16. The number of nitrogens with two attached hydrogens (primary N) is 1. The van der Waals surface area contributed by atoms with Crippen LogP contribution < -0.4 is 5.73 Å². The van der Waals surface area contributed by atoms with E-state index in [2.05, 4.69) is 33.6 Å². The molecule has 15 heavy (non-hydrogen) atoms. The average Bonchev–Trinajstić information content (AvgIpc) is 2.59. The molecule has 0 aliphatic carbocycles. The van der Waals surface area contributed by atoms with Crippen molar-refractivity contribution in [2.24, 2.45) is 5.73 Å². The smallest absolute Gasteiger partial charge is 0.0499 e. The Morgan fingerprint density at radius 2 is 2.20 bits per heavy atom. The van der Waals surface area contributed by atoms with Crippen LogP contribution in [0, 0.1) is 0 Å². The highest BCUT2D eigenvalue weighted by atomic mass is 79.9. The van der Waals surface area contributed by atoms with Crippen LogP contribution in [-0.2, 0) is 0 Å². The van der Waals surface area contributed by atoms with E-state index in [-0.39, 0.29) is 18.4 Å². The molecule has 2 nitrogen and oxygen atoms in total. The fourth-order valence-electron chi connectivity index (χ4n) is 1.52. The summed E-state index contributed by atoms with van der Waals surface area (Å²) < 4.78 is 1.06. The highest BCUT2D eigenvalue weighted by Crippen LogP contribution is 2.26. The number of H-pyrrole nitrogens is 1. The lowest BCUT2D eigenvalue weighted by atomic mass is 10.1. The third kappa shape index (κ3) is 2.25. The van der Waals surface area contributed by atoms with Gasteiger partial charge in [0.05, 0.1) is 0 Å². The van der Waals surface area contributed by atoms with Crippen LogP contribution in [0.25, 0.3) is 10.9 Å². The van der Waals surface area contributed by atoms with Crippen LogP contribution in [0.5, 0.6) is 0 Å². The first kappa shape index (κ1) is 12.3. The third-order valence-electron chi connectivity index (χ3n) is 2.29. The van der Waals surface area contributed by atoms with Crippen LogP contribution in [0.4, 0.5) is 0 Å². The van der Waals surface area contributed by atoms with Gasteiger partial charge in [0.2, 0.25) is 0 Å². The zero-order chi connectivity index (χ0) is 10.1. The monoisotopic (exact) mass is 286 g/mol. The van der Waals surface area contributed by atoms with E-state index in [4.69, 9.17) is 5.73 Å². The summed E-state index contributed by atoms with van der Waals surface area (Å²) in [4.78, 5) is 3.18. The van der Waals surface area contributed by atoms with Gasteiger partial charge in [0.25, 0.3) is 0 Å². The minimum Gasteiger partial charge on any atom is -0.361 e. The number of fused-ring (bicyclic) bond motifs is 1. The molecule has 0 radical (unpaired) electrons. The minimum absolute atomic E-state index is 0. The Bertz CT molecular complexity index is 478. The number of nitrogens with one attached hydrogen (secondary N) is 1. The molecule has 0 amide bonds. The molecule has 1 heterocycles. The Balaban J connectivity index is 0.00000112. The van der Waals surface area contributed by atoms with E-state index in [1.165, 1.54) is 0 Å². The molecular formula is C11H12BrClN2. The Morgan fingerprint density at radius 1 is 1.47 bits per heavy atom. The Hall–Kier alpha value is -0.770. The Kier molecular flexibility index (Phi) is 3.97. The van der Waals surface area contributed by atoms with Crippen molar-refractivity contribution in [1.82, 2.24) is 4.98 Å². The summed E-state index contributed by atoms with van der Waals surface area (Å²) in [7, 11) is 0. The normalized spacial score (nSPS) is 12.1. The van der Waals surface area contributed by atoms with E-state index in [1.54, 1.807) is 6.08 Å². The van der Waals surface area contributed by atoms with Gasteiger partial charge in [-0.15, -0.1) is 19.0 Å². The van der Waals surface area contributed by atoms with E-state index in [0.717, 1.165) is 20.9 Å². The zero-order valence-electron chi connectivity index (χ0n) is 8.03. The van der Waals surface area contributed by atoms with Crippen LogP contribution in [-0.4, -0.2) is 4.98 Å². The second-order valence-corrected chi connectivity index (χ2v) is 4.11. The van der Waals surface area contributed by atoms with Crippen molar-refractivity contribution in [1.29, 1.82) is 0 Å². The molecule has 1 atom stereocenters. The molecule has 0 saturated heterocycles. The summed E-state index contributed by atoms with van der Waals surface area (Å²) in [5.74, 6) is 0. The maximum Gasteiger partial charge on any atom is 0.0499 e. The predicted octanol–water partition coefficient (Wildman–Crippen LogP) is 3.54. The highest BCUT2D eigenvalue weighted by Gasteiger charge is 2.08. The summed E-state index contributed by atoms with van der Waals surface area (Å²) in [6.07, 6.45) is 3.67. The predicted molar refractivity (Wildman–Crippen MR) is 70.4 cm³/mol. The van der Waals surface area contributed by atoms with Gasteiger partial charge < -0.3 is 10.7 Å². The van der Waals surface area contributed by atoms with Gasteiger partial charge in [-0.3, -0.25) is 0 Å². The van der Waals surface area contributed by atoms with E-state index in [9.17, 15) is 0 Å². The maximum absolute atomic E-state index is 5.90. The second kappa shape index (κ2) is 4.84. The third-order valence-corrected chi connectivity index (χ3v) is 2.78. The number of hydrogen-bond donors (Lipinski definition) is 2. The van der Waals surface area contributed by atoms with E-state index < -0.39 is 0 Å². The largest absolute Gasteiger partial charge is 0.361 e. The lowest BCUT2D eigenvalue weighted by molar-refractivity contribution is 0.924. The summed E-state index contributed by atoms with van der Waals surface area (Å²) in [6, 6.07) is 5.98. The fraction of sp³-hybridized carbons (Fsp3) is 0.0909. The number of halogens is 2. The van der Waals surface area contributed by atoms with Gasteiger partial charge in [-0.25, -0.2) is 0 Å². The number of aromatic amines is 1. The fourth-order valence-corrected chi connectivity index (χ4v) is 1.88. The molecule has 0 aliphatic heterocycles. The van der Waals surface area contributed by atoms with Crippen molar-refractivity contribution >= 4 is 39.2 Å². The van der Waals surface area contributed by atoms with Gasteiger partial charge in [-0.1, -0.05) is 22.0 Å². The highest BCUT2D eigenvalue weighted by molar-refractivity contribution is 9.10. The SMILES string of the molecule is C=C[C@@H](N)c1c[nH]c2ccc(Br)cc12.Cl. The Labute approximate surface area is 103 Å². The lowest BCUT2D eigenvalue weighted by Crippen LogP contribution is -2.05. The van der Waals surface area contributed by atoms with Crippen LogP contribution in [0.2, 0.25) is 0 Å². The molecule has 3 N–H and O–H groups in total. The van der Waals surface area contributed by atoms with Gasteiger partial charge in [0.1, 0.15) is 0 Å². The lowest BCUT2D eigenvalue weighted by Gasteiger charge is -2.03. The molecule has 0 spiro atoms. The zero-order valence-corrected chi connectivity index (χ0v) is 10.4. The summed E-state index contributed by atoms with van der Waals surface area (Å²) in [5.41, 5.74) is 8.08. The molecule has 2 aromatic rings. The molecule has 1 aromatic carbocycles. The molecule has 0 unspecified atom stereocenters. The summed E-state index contributed by atoms with van der Waals surface area (Å²) in [6.45, 7) is 3.70. The van der Waals surface area contributed by atoms with E-state index >= 15 is 0 Å². The minimum atomic E-state index is -0.113. The average molecular weight is 288 g/mol. The van der Waals surface area contributed by atoms with Crippen LogP contribution in [0.3, 0.4) is 0 Å². The molecule has 80 valence electrons. The summed E-state index contributed by atoms with van der Waals surface area (Å²) >= 11 is 3.44. The standard InChI is InChI=1S/C11H11BrN2.ClH/c1-2-10(13)9-6-14-11-4-3-7(12)5-8(9)11;/h2-6,10,14H,1,13H2;1H/t10-;/m1./s1. The van der Waals surface area contributed by atoms with Gasteiger partial charge in [0.15, 0.2) is 0 Å². The molecule has 4 heteroatoms. The van der Waals surface area contributed by atoms with E-state index in [0.29, 0.717) is 0 Å². The van der Waals surface area contributed by atoms with Crippen LogP contribution >= 0.6 is 28.3 Å². The van der Waals surface area contributed by atoms with Gasteiger partial charge >= 0.3 is 0 Å². The van der Waals surface area contributed by atoms with Crippen molar-refractivity contribution in [2.45, 2.75) is 6.04 Å². The van der Waals surface area contributed by atoms with Crippen molar-refractivity contribution < 1.29 is 0 Å². The maximum atomic E-state index is 5.90. The van der Waals surface area contributed by atoms with Crippen molar-refractivity contribution in [3.8, 4) is 0 Å². The first-order chi connectivity index (χ1) is 6.72. The number of rotatable bonds is 2. The second-order valence-electron chi connectivity index (χ2n) is 3.20. The topological polar surface area (TPSA) is 41.8 Å². The molecule has 1 aromatic heterocycles. The number of hydrogen-bond acceptors (Lipinski definition) is 1. The Morgan fingerprint density at radius 3 is 2.87 bits per heavy atom. The van der Waals surface area contributed by atoms with Crippen LogP contribution in [0.15, 0.2) is 41.5 Å². The first-order valence-electron chi connectivity index (χ1n) is 4.37. The molecular weight excluding hydrogens is 275 g/mol. The van der Waals surface area contributed by atoms with Crippen LogP contribution in [0.1, 0.15) is 11.6 Å². The quantitative estimate of drug-likeness (QED) is 0.815.